The van der Waals surface area contributed by atoms with Gasteiger partial charge in [-0.2, -0.15) is 0 Å². The molecule has 3 N–H and O–H groups in total. The fourth-order valence-electron chi connectivity index (χ4n) is 2.20. The van der Waals surface area contributed by atoms with E-state index in [1.165, 1.54) is 7.11 Å². The van der Waals surface area contributed by atoms with Crippen LogP contribution in [0.25, 0.3) is 0 Å². The number of urea groups is 1. The number of hydrogen-bond donors (Lipinski definition) is 2. The number of primary amides is 1. The van der Waals surface area contributed by atoms with Crippen LogP contribution in [0.2, 0.25) is 0 Å². The molecule has 0 aliphatic rings. The minimum atomic E-state index is -0.868. The summed E-state index contributed by atoms with van der Waals surface area (Å²) in [6.45, 7) is 3.21. The van der Waals surface area contributed by atoms with Gasteiger partial charge < -0.3 is 10.5 Å². The van der Waals surface area contributed by atoms with E-state index < -0.39 is 11.9 Å². The Labute approximate surface area is 135 Å². The van der Waals surface area contributed by atoms with E-state index in [2.05, 4.69) is 0 Å². The number of rotatable bonds is 8. The summed E-state index contributed by atoms with van der Waals surface area (Å²) in [7, 11) is 1.35. The van der Waals surface area contributed by atoms with E-state index in [1.807, 2.05) is 40.5 Å². The molecule has 126 valence electrons. The molecule has 0 heterocycles. The zero-order chi connectivity index (χ0) is 17.2. The number of ether oxygens (including phenoxy) is 1. The highest BCUT2D eigenvalue weighted by Crippen LogP contribution is 2.09. The van der Waals surface area contributed by atoms with E-state index in [0.29, 0.717) is 19.6 Å². The summed E-state index contributed by atoms with van der Waals surface area (Å²) in [4.78, 5) is 35.8. The van der Waals surface area contributed by atoms with E-state index in [0.717, 1.165) is 5.56 Å². The first-order valence-electron chi connectivity index (χ1n) is 7.35. The second-order valence-electron chi connectivity index (χ2n) is 5.31. The highest BCUT2D eigenvalue weighted by atomic mass is 16.5. The Morgan fingerprint density at radius 2 is 1.91 bits per heavy atom. The highest BCUT2D eigenvalue weighted by molar-refractivity contribution is 5.93. The molecule has 0 spiro atoms. The first-order valence-corrected chi connectivity index (χ1v) is 7.35. The lowest BCUT2D eigenvalue weighted by Crippen LogP contribution is -2.38. The topological polar surface area (TPSA) is 102 Å². The molecule has 7 nitrogen and oxygen atoms in total. The van der Waals surface area contributed by atoms with Crippen molar-refractivity contribution in [2.45, 2.75) is 19.9 Å². The van der Waals surface area contributed by atoms with Gasteiger partial charge in [0.25, 0.3) is 0 Å². The number of amides is 3. The Hall–Kier alpha value is -2.41. The van der Waals surface area contributed by atoms with E-state index >= 15 is 0 Å². The Kier molecular flexibility index (Phi) is 7.76. The van der Waals surface area contributed by atoms with Crippen molar-refractivity contribution in [1.29, 1.82) is 0 Å². The third-order valence-corrected chi connectivity index (χ3v) is 3.30. The summed E-state index contributed by atoms with van der Waals surface area (Å²) in [5.41, 5.74) is 5.99. The number of esters is 1. The largest absolute Gasteiger partial charge is 0.469 e. The van der Waals surface area contributed by atoms with E-state index in [-0.39, 0.29) is 18.3 Å². The lowest BCUT2D eigenvalue weighted by molar-refractivity contribution is -0.145. The molecule has 0 aliphatic heterocycles. The predicted molar refractivity (Wildman–Crippen MR) is 85.2 cm³/mol. The lowest BCUT2D eigenvalue weighted by Gasteiger charge is -2.24. The van der Waals surface area contributed by atoms with Gasteiger partial charge in [0.15, 0.2) is 0 Å². The van der Waals surface area contributed by atoms with Gasteiger partial charge in [-0.1, -0.05) is 37.3 Å². The van der Waals surface area contributed by atoms with Gasteiger partial charge in [-0.15, -0.1) is 0 Å². The number of nitrogens with zero attached hydrogens (tertiary/aromatic N) is 1. The maximum absolute atomic E-state index is 11.6. The molecule has 1 rings (SSSR count). The molecule has 0 unspecified atom stereocenters. The van der Waals surface area contributed by atoms with Crippen LogP contribution < -0.4 is 11.1 Å². The number of nitrogens with two attached hydrogens (primary N) is 1. The third-order valence-electron chi connectivity index (χ3n) is 3.30. The lowest BCUT2D eigenvalue weighted by atomic mass is 10.1. The molecule has 1 aromatic carbocycles. The molecule has 0 fully saturated rings. The van der Waals surface area contributed by atoms with Crippen molar-refractivity contribution in [3.63, 3.8) is 0 Å². The van der Waals surface area contributed by atoms with Crippen LogP contribution in [0.4, 0.5) is 4.79 Å². The fraction of sp³-hybridized carbons (Fsp3) is 0.438. The first kappa shape index (κ1) is 18.6. The van der Waals surface area contributed by atoms with Crippen molar-refractivity contribution in [2.24, 2.45) is 11.7 Å². The zero-order valence-corrected chi connectivity index (χ0v) is 13.5. The molecule has 23 heavy (non-hydrogen) atoms. The molecular weight excluding hydrogens is 298 g/mol. The van der Waals surface area contributed by atoms with Crippen molar-refractivity contribution in [3.8, 4) is 0 Å². The minimum absolute atomic E-state index is 0.115. The maximum Gasteiger partial charge on any atom is 0.318 e. The summed E-state index contributed by atoms with van der Waals surface area (Å²) in [5, 5.41) is 2.03. The number of methoxy groups -OCH3 is 1. The summed E-state index contributed by atoms with van der Waals surface area (Å²) in [6.07, 6.45) is 0.115. The van der Waals surface area contributed by atoms with Crippen LogP contribution in [0.1, 0.15) is 18.9 Å². The Morgan fingerprint density at radius 1 is 1.26 bits per heavy atom. The molecule has 1 aromatic rings. The predicted octanol–water partition coefficient (Wildman–Crippen LogP) is 0.883. The molecule has 0 aromatic heterocycles. The summed E-state index contributed by atoms with van der Waals surface area (Å²) in [5.74, 6) is -1.06. The summed E-state index contributed by atoms with van der Waals surface area (Å²) in [6, 6.07) is 8.85. The normalized spacial score (nSPS) is 11.8. The van der Waals surface area contributed by atoms with Gasteiger partial charge in [0.05, 0.1) is 13.0 Å². The second kappa shape index (κ2) is 9.58. The quantitative estimate of drug-likeness (QED) is 0.692. The van der Waals surface area contributed by atoms with E-state index in [1.54, 1.807) is 6.92 Å². The van der Waals surface area contributed by atoms with Crippen LogP contribution in [0, 0.1) is 5.92 Å². The van der Waals surface area contributed by atoms with Crippen molar-refractivity contribution in [2.75, 3.05) is 20.2 Å². The second-order valence-corrected chi connectivity index (χ2v) is 5.31. The van der Waals surface area contributed by atoms with Crippen LogP contribution in [0.5, 0.6) is 0 Å². The maximum atomic E-state index is 11.6. The number of imide groups is 1. The molecule has 3 amide bonds. The third kappa shape index (κ3) is 7.42. The molecule has 1 atom stereocenters. The number of carbonyl (C=O) groups is 3. The SMILES string of the molecule is COC(=O)[C@@H](C)CN(CCC(=O)NC(N)=O)Cc1ccccc1. The molecule has 0 aliphatic carbocycles. The average molecular weight is 321 g/mol. The van der Waals surface area contributed by atoms with Gasteiger partial charge in [0.2, 0.25) is 5.91 Å². The van der Waals surface area contributed by atoms with Gasteiger partial charge in [0, 0.05) is 26.1 Å². The van der Waals surface area contributed by atoms with Crippen molar-refractivity contribution >= 4 is 17.9 Å². The van der Waals surface area contributed by atoms with E-state index in [4.69, 9.17) is 10.5 Å². The van der Waals surface area contributed by atoms with Crippen LogP contribution in [-0.2, 0) is 20.9 Å². The number of hydrogen-bond acceptors (Lipinski definition) is 5. The monoisotopic (exact) mass is 321 g/mol. The van der Waals surface area contributed by atoms with Gasteiger partial charge in [0.1, 0.15) is 0 Å². The fourth-order valence-corrected chi connectivity index (χ4v) is 2.20. The average Bonchev–Trinajstić information content (AvgIpc) is 2.52. The van der Waals surface area contributed by atoms with E-state index in [9.17, 15) is 14.4 Å². The van der Waals surface area contributed by atoms with Crippen LogP contribution in [0.3, 0.4) is 0 Å². The summed E-state index contributed by atoms with van der Waals surface area (Å²) >= 11 is 0. The van der Waals surface area contributed by atoms with Crippen molar-refractivity contribution in [1.82, 2.24) is 10.2 Å². The number of nitrogens with one attached hydrogen (secondary N) is 1. The Morgan fingerprint density at radius 3 is 2.48 bits per heavy atom. The van der Waals surface area contributed by atoms with Crippen LogP contribution in [-0.4, -0.2) is 43.0 Å². The number of carbonyl (C=O) groups excluding carboxylic acids is 3. The Balaban J connectivity index is 2.65. The number of benzene rings is 1. The van der Waals surface area contributed by atoms with Crippen molar-refractivity contribution in [3.05, 3.63) is 35.9 Å². The molecule has 0 saturated carbocycles. The highest BCUT2D eigenvalue weighted by Gasteiger charge is 2.18. The minimum Gasteiger partial charge on any atom is -0.469 e. The van der Waals surface area contributed by atoms with Gasteiger partial charge in [-0.3, -0.25) is 19.8 Å². The van der Waals surface area contributed by atoms with Gasteiger partial charge in [-0.25, -0.2) is 4.79 Å². The standard InChI is InChI=1S/C16H23N3O4/c1-12(15(21)23-2)10-19(9-8-14(20)18-16(17)22)11-13-6-4-3-5-7-13/h3-7,12H,8-11H2,1-2H3,(H3,17,18,20,22)/t12-/m0/s1. The molecule has 0 bridgehead atoms. The molecule has 7 heteroatoms. The smallest absolute Gasteiger partial charge is 0.318 e. The molecular formula is C16H23N3O4. The molecule has 0 saturated heterocycles. The van der Waals surface area contributed by atoms with Gasteiger partial charge >= 0.3 is 12.0 Å². The van der Waals surface area contributed by atoms with Gasteiger partial charge in [-0.05, 0) is 5.56 Å². The first-order chi connectivity index (χ1) is 10.9. The van der Waals surface area contributed by atoms with Crippen molar-refractivity contribution < 1.29 is 19.1 Å². The zero-order valence-electron chi connectivity index (χ0n) is 13.5. The summed E-state index contributed by atoms with van der Waals surface area (Å²) < 4.78 is 4.74. The van der Waals surface area contributed by atoms with Crippen LogP contribution in [0.15, 0.2) is 30.3 Å². The van der Waals surface area contributed by atoms with Crippen LogP contribution >= 0.6 is 0 Å². The Bertz CT molecular complexity index is 533. The molecule has 0 radical (unpaired) electrons.